The summed E-state index contributed by atoms with van der Waals surface area (Å²) in [5, 5.41) is -0.483. The Balaban J connectivity index is 1.41. The van der Waals surface area contributed by atoms with Gasteiger partial charge in [0.05, 0.1) is 38.1 Å². The zero-order chi connectivity index (χ0) is 51.7. The Hall–Kier alpha value is -7.00. The Kier molecular flexibility index (Phi) is 14.9. The van der Waals surface area contributed by atoms with Crippen molar-refractivity contribution in [3.05, 3.63) is 107 Å². The second kappa shape index (κ2) is 20.4. The van der Waals surface area contributed by atoms with Crippen LogP contribution in [0.2, 0.25) is 0 Å². The first kappa shape index (κ1) is 51.8. The molecule has 1 aliphatic heterocycles. The number of rotatable bonds is 12. The van der Waals surface area contributed by atoms with Crippen LogP contribution in [0.1, 0.15) is 82.5 Å². The van der Waals surface area contributed by atoms with Crippen LogP contribution in [0.5, 0.6) is 17.4 Å². The molecule has 1 unspecified atom stereocenters. The number of imide groups is 1. The lowest BCUT2D eigenvalue weighted by Gasteiger charge is -2.33. The van der Waals surface area contributed by atoms with Crippen LogP contribution in [0, 0.1) is 12.7 Å². The largest absolute Gasteiger partial charge is 0.609 e. The fourth-order valence-corrected chi connectivity index (χ4v) is 8.32. The van der Waals surface area contributed by atoms with Gasteiger partial charge in [-0.05, 0) is 103 Å². The van der Waals surface area contributed by atoms with E-state index in [1.54, 1.807) is 94.7 Å². The highest BCUT2D eigenvalue weighted by Crippen LogP contribution is 2.46. The summed E-state index contributed by atoms with van der Waals surface area (Å²) in [6.07, 6.45) is -4.56. The van der Waals surface area contributed by atoms with Gasteiger partial charge in [0.25, 0.3) is 0 Å². The molecule has 6 aromatic rings. The average Bonchev–Trinajstić information content (AvgIpc) is 3.48. The van der Waals surface area contributed by atoms with Gasteiger partial charge in [0, 0.05) is 41.6 Å². The number of amides is 2. The number of pyridine rings is 3. The minimum Gasteiger partial charge on any atom is -0.609 e. The lowest BCUT2D eigenvalue weighted by atomic mass is 10.0. The molecule has 0 saturated heterocycles. The molecule has 7 rings (SSSR count). The maximum absolute atomic E-state index is 17.7. The summed E-state index contributed by atoms with van der Waals surface area (Å²) in [5.41, 5.74) is -3.88. The topological polar surface area (TPSA) is 178 Å². The lowest BCUT2D eigenvalue weighted by Crippen LogP contribution is -2.45. The molecule has 71 heavy (non-hydrogen) atoms. The number of carbonyl (C=O) groups is 2. The number of nitrogens with zero attached hydrogens (tertiary/aromatic N) is 8. The second-order valence-electron chi connectivity index (χ2n) is 18.6. The van der Waals surface area contributed by atoms with Gasteiger partial charge in [0.2, 0.25) is 5.88 Å². The fourth-order valence-electron chi connectivity index (χ4n) is 7.88. The van der Waals surface area contributed by atoms with Crippen molar-refractivity contribution in [3.8, 4) is 28.6 Å². The van der Waals surface area contributed by atoms with E-state index in [4.69, 9.17) is 23.7 Å². The van der Waals surface area contributed by atoms with Gasteiger partial charge in [-0.15, -0.1) is 0 Å². The van der Waals surface area contributed by atoms with Gasteiger partial charge in [-0.3, -0.25) is 0 Å². The van der Waals surface area contributed by atoms with Crippen LogP contribution in [0.4, 0.5) is 44.6 Å². The van der Waals surface area contributed by atoms with E-state index in [-0.39, 0.29) is 65.7 Å². The third-order valence-electron chi connectivity index (χ3n) is 11.0. The highest BCUT2D eigenvalue weighted by Gasteiger charge is 2.41. The van der Waals surface area contributed by atoms with Crippen molar-refractivity contribution in [3.63, 3.8) is 0 Å². The number of aromatic nitrogens is 5. The number of halogens is 4. The number of aryl methyl sites for hydroxylation is 1. The van der Waals surface area contributed by atoms with Crippen molar-refractivity contribution in [2.75, 3.05) is 48.3 Å². The fraction of sp³-hybridized carbons (Fsp3) is 0.380. The molecular weight excluding hydrogens is 949 g/mol. The highest BCUT2D eigenvalue weighted by molar-refractivity contribution is 7.90. The van der Waals surface area contributed by atoms with E-state index in [0.29, 0.717) is 16.4 Å². The summed E-state index contributed by atoms with van der Waals surface area (Å²) in [6.45, 7) is 12.8. The molecule has 376 valence electrons. The first-order valence-electron chi connectivity index (χ1n) is 22.3. The summed E-state index contributed by atoms with van der Waals surface area (Å²) in [5.74, 6) is -0.502. The molecule has 16 nitrogen and oxygen atoms in total. The number of alkyl halides is 3. The molecule has 0 fully saturated rings. The molecule has 0 spiro atoms. The van der Waals surface area contributed by atoms with E-state index < -0.39 is 80.6 Å². The van der Waals surface area contributed by atoms with E-state index in [1.165, 1.54) is 33.6 Å². The van der Waals surface area contributed by atoms with Crippen molar-refractivity contribution in [1.29, 1.82) is 0 Å². The number of ether oxygens (including phenoxy) is 5. The zero-order valence-electron chi connectivity index (χ0n) is 41.1. The minimum absolute atomic E-state index is 0.0262. The molecule has 2 atom stereocenters. The SMILES string of the molecule is COc1ccc(CN(Cc2ccc(OC)cc2)c2cc(-c3nc4c5c(nc([S+](C)[O-])nc5c3F)N([C@H](C)c3cccnc3N(C(=O)OC(C)(C)C)C(=O)OC(C)(C)C)CCO4)c(C(F)(F)F)c(C)n2)cc1. The predicted octanol–water partition coefficient (Wildman–Crippen LogP) is 10.5. The van der Waals surface area contributed by atoms with E-state index >= 15 is 17.6 Å². The summed E-state index contributed by atoms with van der Waals surface area (Å²) >= 11 is -1.97. The van der Waals surface area contributed by atoms with Crippen LogP contribution < -0.4 is 28.9 Å². The van der Waals surface area contributed by atoms with Crippen LogP contribution in [-0.2, 0) is 39.9 Å². The molecule has 2 aromatic carbocycles. The molecule has 0 bridgehead atoms. The number of anilines is 3. The Morgan fingerprint density at radius 2 is 1.42 bits per heavy atom. The first-order valence-corrected chi connectivity index (χ1v) is 23.9. The lowest BCUT2D eigenvalue weighted by molar-refractivity contribution is -0.137. The maximum atomic E-state index is 17.7. The molecule has 0 N–H and O–H groups in total. The van der Waals surface area contributed by atoms with Crippen LogP contribution in [0.25, 0.3) is 22.2 Å². The quantitative estimate of drug-likeness (QED) is 0.0642. The number of carbonyl (C=O) groups excluding carboxylic acids is 2. The average molecular weight is 1000 g/mol. The molecule has 4 aromatic heterocycles. The summed E-state index contributed by atoms with van der Waals surface area (Å²) in [6, 6.07) is 17.7. The molecule has 21 heteroatoms. The Morgan fingerprint density at radius 1 is 0.859 bits per heavy atom. The number of hydrogen-bond donors (Lipinski definition) is 0. The van der Waals surface area contributed by atoms with Crippen molar-refractivity contribution < 1.29 is 55.4 Å². The van der Waals surface area contributed by atoms with Crippen molar-refractivity contribution >= 4 is 51.7 Å². The van der Waals surface area contributed by atoms with E-state index in [9.17, 15) is 14.1 Å². The van der Waals surface area contributed by atoms with Gasteiger partial charge in [0.1, 0.15) is 58.0 Å². The van der Waals surface area contributed by atoms with Gasteiger partial charge in [-0.2, -0.15) is 28.0 Å². The summed E-state index contributed by atoms with van der Waals surface area (Å²) < 4.78 is 105. The zero-order valence-corrected chi connectivity index (χ0v) is 41.9. The van der Waals surface area contributed by atoms with Gasteiger partial charge in [-0.1, -0.05) is 30.3 Å². The van der Waals surface area contributed by atoms with Crippen LogP contribution in [0.3, 0.4) is 0 Å². The maximum Gasteiger partial charge on any atom is 0.425 e. The Bertz CT molecular complexity index is 2850. The monoisotopic (exact) mass is 1000 g/mol. The molecule has 1 aliphatic rings. The van der Waals surface area contributed by atoms with Crippen LogP contribution in [-0.4, -0.2) is 86.5 Å². The van der Waals surface area contributed by atoms with Gasteiger partial charge in [0.15, 0.2) is 17.5 Å². The number of methoxy groups -OCH3 is 2. The summed E-state index contributed by atoms with van der Waals surface area (Å²) in [7, 11) is 3.06. The third-order valence-corrected chi connectivity index (χ3v) is 11.7. The van der Waals surface area contributed by atoms with Gasteiger partial charge < -0.3 is 38.0 Å². The van der Waals surface area contributed by atoms with Gasteiger partial charge in [-0.25, -0.2) is 28.9 Å². The number of hydrogen-bond acceptors (Lipinski definition) is 15. The number of benzene rings is 2. The van der Waals surface area contributed by atoms with Crippen molar-refractivity contribution in [2.24, 2.45) is 0 Å². The Labute approximate surface area is 411 Å². The predicted molar refractivity (Wildman–Crippen MR) is 259 cm³/mol. The molecule has 2 amide bonds. The highest BCUT2D eigenvalue weighted by atomic mass is 32.2. The van der Waals surface area contributed by atoms with E-state index in [0.717, 1.165) is 17.2 Å². The second-order valence-corrected chi connectivity index (χ2v) is 19.8. The summed E-state index contributed by atoms with van der Waals surface area (Å²) in [4.78, 5) is 54.1. The molecule has 0 saturated carbocycles. The molecule has 5 heterocycles. The molecule has 0 radical (unpaired) electrons. The van der Waals surface area contributed by atoms with Crippen molar-refractivity contribution in [2.45, 2.75) is 97.1 Å². The van der Waals surface area contributed by atoms with E-state index in [2.05, 4.69) is 24.9 Å². The smallest absolute Gasteiger partial charge is 0.425 e. The molecule has 0 aliphatic carbocycles. The third kappa shape index (κ3) is 11.6. The van der Waals surface area contributed by atoms with E-state index in [1.807, 2.05) is 24.3 Å². The first-order chi connectivity index (χ1) is 33.4. The Morgan fingerprint density at radius 3 is 1.93 bits per heavy atom. The molecular formula is C50H54F4N8O8S. The van der Waals surface area contributed by atoms with Gasteiger partial charge >= 0.3 is 23.5 Å². The standard InChI is InChI=1S/C50H54F4N8O8S/c1-28-38(50(52,53)54)35(25-36(56-28)60(26-30-14-18-32(66-9)19-15-30)27-31-16-20-33(67-10)21-17-31)40-39(51)41-37-43(59-45(58-41)71(11)65)61(23-24-68-44(37)57-40)29(2)34-13-12-22-55-42(34)62(46(63)69-48(3,4)5)47(64)70-49(6,7)8/h12-22,25,29H,23-24,26-27H2,1-11H3/t29-,71?/m1/s1. The van der Waals surface area contributed by atoms with Crippen LogP contribution in [0.15, 0.2) is 78.1 Å². The van der Waals surface area contributed by atoms with Crippen molar-refractivity contribution in [1.82, 2.24) is 24.9 Å². The van der Waals surface area contributed by atoms with Crippen LogP contribution >= 0.6 is 0 Å². The minimum atomic E-state index is -5.05. The normalized spacial score (nSPS) is 13.7.